The highest BCUT2D eigenvalue weighted by Crippen LogP contribution is 2.26. The lowest BCUT2D eigenvalue weighted by atomic mass is 9.98. The van der Waals surface area contributed by atoms with E-state index in [1.807, 2.05) is 35.0 Å². The molecule has 1 aliphatic rings. The molecule has 0 saturated carbocycles. The number of nitrogens with zero attached hydrogens (tertiary/aromatic N) is 2. The maximum atomic E-state index is 11.1. The van der Waals surface area contributed by atoms with Crippen LogP contribution >= 0.6 is 0 Å². The number of aromatic nitrogens is 2. The first kappa shape index (κ1) is 14.3. The Balaban J connectivity index is 1.82. The van der Waals surface area contributed by atoms with Crippen molar-refractivity contribution in [1.82, 2.24) is 9.55 Å². The Hall–Kier alpha value is -2.63. The maximum Gasteiger partial charge on any atom is 0.307 e. The number of amides is 1. The highest BCUT2D eigenvalue weighted by molar-refractivity contribution is 5.88. The van der Waals surface area contributed by atoms with E-state index >= 15 is 0 Å². The normalized spacial score (nSPS) is 16.9. The van der Waals surface area contributed by atoms with Gasteiger partial charge in [0.05, 0.1) is 11.6 Å². The fourth-order valence-electron chi connectivity index (χ4n) is 2.71. The molecule has 6 nitrogen and oxygen atoms in total. The standard InChI is InChI=1S/C16H17N3O3/c1-10(20)17-13-4-2-11(3-5-13)14-9-19-7-6-12(16(21)22)8-15(19)18-14/h2-5,9,12H,6-8H2,1H3,(H,17,20)(H,21,22). The number of anilines is 1. The van der Waals surface area contributed by atoms with Crippen LogP contribution in [0.1, 0.15) is 19.2 Å². The minimum atomic E-state index is -0.754. The average molecular weight is 299 g/mol. The van der Waals surface area contributed by atoms with Gasteiger partial charge in [0.1, 0.15) is 5.82 Å². The fourth-order valence-corrected chi connectivity index (χ4v) is 2.71. The molecule has 0 radical (unpaired) electrons. The van der Waals surface area contributed by atoms with Gasteiger partial charge in [0.15, 0.2) is 0 Å². The molecular formula is C16H17N3O3. The second kappa shape index (κ2) is 5.63. The van der Waals surface area contributed by atoms with Crippen LogP contribution in [0, 0.1) is 5.92 Å². The van der Waals surface area contributed by atoms with E-state index in [1.54, 1.807) is 0 Å². The van der Waals surface area contributed by atoms with E-state index in [9.17, 15) is 9.59 Å². The van der Waals surface area contributed by atoms with Gasteiger partial charge in [0, 0.05) is 37.3 Å². The number of nitrogens with one attached hydrogen (secondary N) is 1. The molecule has 114 valence electrons. The van der Waals surface area contributed by atoms with Gasteiger partial charge in [-0.25, -0.2) is 4.98 Å². The number of carboxylic acid groups (broad SMARTS) is 1. The summed E-state index contributed by atoms with van der Waals surface area (Å²) in [5.41, 5.74) is 2.52. The van der Waals surface area contributed by atoms with Crippen LogP contribution in [0.15, 0.2) is 30.5 Å². The summed E-state index contributed by atoms with van der Waals surface area (Å²) in [4.78, 5) is 26.7. The molecule has 6 heteroatoms. The third-order valence-corrected chi connectivity index (χ3v) is 3.86. The van der Waals surface area contributed by atoms with E-state index in [-0.39, 0.29) is 11.8 Å². The van der Waals surface area contributed by atoms with Crippen molar-refractivity contribution in [3.63, 3.8) is 0 Å². The Labute approximate surface area is 127 Å². The molecule has 0 bridgehead atoms. The zero-order chi connectivity index (χ0) is 15.7. The van der Waals surface area contributed by atoms with E-state index in [4.69, 9.17) is 5.11 Å². The van der Waals surface area contributed by atoms with E-state index in [1.165, 1.54) is 6.92 Å². The van der Waals surface area contributed by atoms with Crippen LogP contribution < -0.4 is 5.32 Å². The fraction of sp³-hybridized carbons (Fsp3) is 0.312. The number of fused-ring (bicyclic) bond motifs is 1. The largest absolute Gasteiger partial charge is 0.481 e. The number of benzene rings is 1. The van der Waals surface area contributed by atoms with Gasteiger partial charge in [-0.05, 0) is 18.6 Å². The summed E-state index contributed by atoms with van der Waals surface area (Å²) in [6.45, 7) is 2.15. The number of carbonyl (C=O) groups is 2. The summed E-state index contributed by atoms with van der Waals surface area (Å²) in [6.07, 6.45) is 3.07. The molecule has 0 spiro atoms. The van der Waals surface area contributed by atoms with Crippen LogP contribution in [0.2, 0.25) is 0 Å². The molecule has 1 atom stereocenters. The van der Waals surface area contributed by atoms with Crippen LogP contribution in [0.4, 0.5) is 5.69 Å². The smallest absolute Gasteiger partial charge is 0.307 e. The predicted molar refractivity (Wildman–Crippen MR) is 81.4 cm³/mol. The molecule has 2 aromatic rings. The minimum Gasteiger partial charge on any atom is -0.481 e. The van der Waals surface area contributed by atoms with Gasteiger partial charge >= 0.3 is 5.97 Å². The van der Waals surface area contributed by atoms with Gasteiger partial charge in [0.25, 0.3) is 0 Å². The van der Waals surface area contributed by atoms with Crippen molar-refractivity contribution in [2.45, 2.75) is 26.3 Å². The zero-order valence-electron chi connectivity index (χ0n) is 12.2. The molecule has 0 saturated heterocycles. The summed E-state index contributed by atoms with van der Waals surface area (Å²) in [7, 11) is 0. The van der Waals surface area contributed by atoms with E-state index < -0.39 is 5.97 Å². The Bertz CT molecular complexity index is 719. The highest BCUT2D eigenvalue weighted by atomic mass is 16.4. The molecule has 22 heavy (non-hydrogen) atoms. The maximum absolute atomic E-state index is 11.1. The van der Waals surface area contributed by atoms with Crippen LogP contribution in [0.5, 0.6) is 0 Å². The number of imidazole rings is 1. The van der Waals surface area contributed by atoms with Crippen molar-refractivity contribution in [3.8, 4) is 11.3 Å². The van der Waals surface area contributed by atoms with Crippen LogP contribution in [-0.2, 0) is 22.6 Å². The molecule has 2 heterocycles. The van der Waals surface area contributed by atoms with Crippen molar-refractivity contribution >= 4 is 17.6 Å². The number of rotatable bonds is 3. The topological polar surface area (TPSA) is 84.2 Å². The second-order valence-corrected chi connectivity index (χ2v) is 5.52. The Morgan fingerprint density at radius 3 is 2.68 bits per heavy atom. The van der Waals surface area contributed by atoms with Gasteiger partial charge in [-0.3, -0.25) is 9.59 Å². The first-order valence-electron chi connectivity index (χ1n) is 7.20. The zero-order valence-corrected chi connectivity index (χ0v) is 12.2. The van der Waals surface area contributed by atoms with Crippen LogP contribution in [0.3, 0.4) is 0 Å². The van der Waals surface area contributed by atoms with Gasteiger partial charge < -0.3 is 15.0 Å². The molecule has 1 amide bonds. The number of aryl methyl sites for hydroxylation is 1. The van der Waals surface area contributed by atoms with Crippen LogP contribution in [-0.4, -0.2) is 26.5 Å². The Morgan fingerprint density at radius 1 is 1.32 bits per heavy atom. The molecule has 2 N–H and O–H groups in total. The molecular weight excluding hydrogens is 282 g/mol. The molecule has 3 rings (SSSR count). The first-order chi connectivity index (χ1) is 10.5. The molecule has 1 aromatic carbocycles. The second-order valence-electron chi connectivity index (χ2n) is 5.52. The number of carboxylic acids is 1. The van der Waals surface area contributed by atoms with Crippen molar-refractivity contribution in [2.75, 3.05) is 5.32 Å². The van der Waals surface area contributed by atoms with E-state index in [0.717, 1.165) is 22.8 Å². The van der Waals surface area contributed by atoms with E-state index in [0.29, 0.717) is 19.4 Å². The molecule has 0 fully saturated rings. The first-order valence-corrected chi connectivity index (χ1v) is 7.20. The quantitative estimate of drug-likeness (QED) is 0.909. The number of hydrogen-bond donors (Lipinski definition) is 2. The average Bonchev–Trinajstić information content (AvgIpc) is 2.90. The highest BCUT2D eigenvalue weighted by Gasteiger charge is 2.25. The van der Waals surface area contributed by atoms with Crippen molar-refractivity contribution in [2.24, 2.45) is 5.92 Å². The summed E-state index contributed by atoms with van der Waals surface area (Å²) < 4.78 is 2.02. The SMILES string of the molecule is CC(=O)Nc1ccc(-c2cn3c(n2)CC(C(=O)O)CC3)cc1. The number of aliphatic carboxylic acids is 1. The lowest BCUT2D eigenvalue weighted by molar-refractivity contribution is -0.142. The third kappa shape index (κ3) is 2.86. The number of carbonyl (C=O) groups excluding carboxylic acids is 1. The van der Waals surface area contributed by atoms with Crippen molar-refractivity contribution < 1.29 is 14.7 Å². The monoisotopic (exact) mass is 299 g/mol. The summed E-state index contributed by atoms with van der Waals surface area (Å²) in [5.74, 6) is -0.384. The van der Waals surface area contributed by atoms with Crippen molar-refractivity contribution in [1.29, 1.82) is 0 Å². The van der Waals surface area contributed by atoms with Gasteiger partial charge in [-0.15, -0.1) is 0 Å². The lowest BCUT2D eigenvalue weighted by Crippen LogP contribution is -2.25. The minimum absolute atomic E-state index is 0.107. The molecule has 1 unspecified atom stereocenters. The summed E-state index contributed by atoms with van der Waals surface area (Å²) >= 11 is 0. The van der Waals surface area contributed by atoms with Gasteiger partial charge in [-0.2, -0.15) is 0 Å². The van der Waals surface area contributed by atoms with E-state index in [2.05, 4.69) is 10.3 Å². The molecule has 0 aliphatic carbocycles. The van der Waals surface area contributed by atoms with Gasteiger partial charge in [0.2, 0.25) is 5.91 Å². The third-order valence-electron chi connectivity index (χ3n) is 3.86. The van der Waals surface area contributed by atoms with Crippen molar-refractivity contribution in [3.05, 3.63) is 36.3 Å². The van der Waals surface area contributed by atoms with Crippen LogP contribution in [0.25, 0.3) is 11.3 Å². The lowest BCUT2D eigenvalue weighted by Gasteiger charge is -2.19. The summed E-state index contributed by atoms with van der Waals surface area (Å²) in [5, 5.41) is 11.8. The molecule has 1 aromatic heterocycles. The Kier molecular flexibility index (Phi) is 3.66. The number of hydrogen-bond acceptors (Lipinski definition) is 3. The molecule has 1 aliphatic heterocycles. The predicted octanol–water partition coefficient (Wildman–Crippen LogP) is 2.16. The Morgan fingerprint density at radius 2 is 2.05 bits per heavy atom. The summed E-state index contributed by atoms with van der Waals surface area (Å²) in [6, 6.07) is 7.45. The van der Waals surface area contributed by atoms with Gasteiger partial charge in [-0.1, -0.05) is 12.1 Å².